The van der Waals surface area contributed by atoms with E-state index < -0.39 is 0 Å². The number of anilines is 1. The second-order valence-corrected chi connectivity index (χ2v) is 6.09. The SMILES string of the molecule is CCOC(=O)c1ccc(NC(=O)CN(C)Cc2cnn(CC)c2C)cc1. The molecular weight excluding hydrogens is 332 g/mol. The number of carbonyl (C=O) groups is 2. The minimum atomic E-state index is -0.367. The largest absolute Gasteiger partial charge is 0.462 e. The lowest BCUT2D eigenvalue weighted by Gasteiger charge is -2.16. The molecule has 0 atom stereocenters. The normalized spacial score (nSPS) is 10.8. The number of esters is 1. The Hall–Kier alpha value is -2.67. The van der Waals surface area contributed by atoms with Crippen LogP contribution in [0.25, 0.3) is 0 Å². The summed E-state index contributed by atoms with van der Waals surface area (Å²) in [4.78, 5) is 25.8. The fourth-order valence-corrected chi connectivity index (χ4v) is 2.66. The van der Waals surface area contributed by atoms with Gasteiger partial charge < -0.3 is 10.1 Å². The van der Waals surface area contributed by atoms with Crippen molar-refractivity contribution in [1.82, 2.24) is 14.7 Å². The first-order valence-corrected chi connectivity index (χ1v) is 8.71. The molecule has 2 aromatic rings. The van der Waals surface area contributed by atoms with E-state index in [1.54, 1.807) is 31.2 Å². The Bertz CT molecular complexity index is 753. The van der Waals surface area contributed by atoms with Crippen molar-refractivity contribution >= 4 is 17.6 Å². The number of amides is 1. The summed E-state index contributed by atoms with van der Waals surface area (Å²) < 4.78 is 6.88. The first-order chi connectivity index (χ1) is 12.4. The van der Waals surface area contributed by atoms with Crippen LogP contribution in [0.15, 0.2) is 30.5 Å². The Labute approximate surface area is 153 Å². The van der Waals surface area contributed by atoms with Crippen LogP contribution < -0.4 is 5.32 Å². The van der Waals surface area contributed by atoms with Crippen LogP contribution in [0.2, 0.25) is 0 Å². The maximum absolute atomic E-state index is 12.2. The molecule has 140 valence electrons. The topological polar surface area (TPSA) is 76.5 Å². The van der Waals surface area contributed by atoms with Crippen molar-refractivity contribution in [2.45, 2.75) is 33.9 Å². The molecule has 7 heteroatoms. The van der Waals surface area contributed by atoms with E-state index in [9.17, 15) is 9.59 Å². The number of carbonyl (C=O) groups excluding carboxylic acids is 2. The quantitative estimate of drug-likeness (QED) is 0.734. The smallest absolute Gasteiger partial charge is 0.338 e. The summed E-state index contributed by atoms with van der Waals surface area (Å²) in [7, 11) is 1.89. The van der Waals surface area contributed by atoms with Crippen LogP contribution in [0.1, 0.15) is 35.5 Å². The summed E-state index contributed by atoms with van der Waals surface area (Å²) in [5.41, 5.74) is 3.34. The van der Waals surface area contributed by atoms with E-state index in [0.717, 1.165) is 17.8 Å². The highest BCUT2D eigenvalue weighted by Crippen LogP contribution is 2.12. The molecule has 0 spiro atoms. The molecule has 0 bridgehead atoms. The molecule has 1 aromatic heterocycles. The summed E-state index contributed by atoms with van der Waals surface area (Å²) in [6.45, 7) is 7.92. The van der Waals surface area contributed by atoms with Gasteiger partial charge in [0, 0.05) is 30.0 Å². The summed E-state index contributed by atoms with van der Waals surface area (Å²) in [6.07, 6.45) is 1.85. The van der Waals surface area contributed by atoms with E-state index >= 15 is 0 Å². The number of hydrogen-bond acceptors (Lipinski definition) is 5. The molecule has 0 saturated heterocycles. The molecule has 0 aliphatic heterocycles. The van der Waals surface area contributed by atoms with Gasteiger partial charge in [-0.2, -0.15) is 5.10 Å². The van der Waals surface area contributed by atoms with Gasteiger partial charge in [0.05, 0.1) is 24.9 Å². The van der Waals surface area contributed by atoms with Gasteiger partial charge in [-0.1, -0.05) is 0 Å². The highest BCUT2D eigenvalue weighted by molar-refractivity contribution is 5.94. The summed E-state index contributed by atoms with van der Waals surface area (Å²) in [5, 5.41) is 7.16. The number of likely N-dealkylation sites (N-methyl/N-ethyl adjacent to an activating group) is 1. The number of aromatic nitrogens is 2. The van der Waals surface area contributed by atoms with Crippen molar-refractivity contribution in [3.8, 4) is 0 Å². The number of benzene rings is 1. The lowest BCUT2D eigenvalue weighted by molar-refractivity contribution is -0.117. The minimum absolute atomic E-state index is 0.114. The van der Waals surface area contributed by atoms with Gasteiger partial charge in [0.1, 0.15) is 0 Å². The molecule has 0 saturated carbocycles. The first kappa shape index (κ1) is 19.7. The van der Waals surface area contributed by atoms with Crippen molar-refractivity contribution in [3.05, 3.63) is 47.3 Å². The molecule has 0 radical (unpaired) electrons. The summed E-state index contributed by atoms with van der Waals surface area (Å²) in [6, 6.07) is 6.67. The second-order valence-electron chi connectivity index (χ2n) is 6.09. The molecule has 1 heterocycles. The minimum Gasteiger partial charge on any atom is -0.462 e. The van der Waals surface area contributed by atoms with Crippen LogP contribution in [0.3, 0.4) is 0 Å². The van der Waals surface area contributed by atoms with E-state index in [-0.39, 0.29) is 18.4 Å². The first-order valence-electron chi connectivity index (χ1n) is 8.71. The third kappa shape index (κ3) is 5.16. The standard InChI is InChI=1S/C19H26N4O3/c1-5-23-14(3)16(11-20-23)12-22(4)13-18(24)21-17-9-7-15(8-10-17)19(25)26-6-2/h7-11H,5-6,12-13H2,1-4H3,(H,21,24). The van der Waals surface area contributed by atoms with E-state index in [1.165, 1.54) is 0 Å². The zero-order valence-electron chi connectivity index (χ0n) is 15.8. The number of rotatable bonds is 8. The lowest BCUT2D eigenvalue weighted by Crippen LogP contribution is -2.30. The van der Waals surface area contributed by atoms with Gasteiger partial charge in [-0.15, -0.1) is 0 Å². The van der Waals surface area contributed by atoms with Gasteiger partial charge in [-0.05, 0) is 52.1 Å². The maximum Gasteiger partial charge on any atom is 0.338 e. The molecule has 7 nitrogen and oxygen atoms in total. The fourth-order valence-electron chi connectivity index (χ4n) is 2.66. The zero-order chi connectivity index (χ0) is 19.1. The maximum atomic E-state index is 12.2. The van der Waals surface area contributed by atoms with E-state index in [1.807, 2.05) is 36.7 Å². The van der Waals surface area contributed by atoms with Crippen LogP contribution in [0, 0.1) is 6.92 Å². The average Bonchev–Trinajstić information content (AvgIpc) is 2.95. The molecule has 1 amide bonds. The van der Waals surface area contributed by atoms with Crippen LogP contribution >= 0.6 is 0 Å². The monoisotopic (exact) mass is 358 g/mol. The van der Waals surface area contributed by atoms with Gasteiger partial charge in [0.15, 0.2) is 0 Å². The molecule has 26 heavy (non-hydrogen) atoms. The Morgan fingerprint density at radius 3 is 2.50 bits per heavy atom. The van der Waals surface area contributed by atoms with Gasteiger partial charge in [-0.25, -0.2) is 4.79 Å². The third-order valence-corrected chi connectivity index (χ3v) is 4.04. The molecule has 1 N–H and O–H groups in total. The van der Waals surface area contributed by atoms with Gasteiger partial charge in [0.2, 0.25) is 5.91 Å². The Kier molecular flexibility index (Phi) is 6.91. The zero-order valence-corrected chi connectivity index (χ0v) is 15.8. The van der Waals surface area contributed by atoms with Crippen molar-refractivity contribution in [3.63, 3.8) is 0 Å². The third-order valence-electron chi connectivity index (χ3n) is 4.04. The highest BCUT2D eigenvalue weighted by atomic mass is 16.5. The number of aryl methyl sites for hydroxylation is 1. The lowest BCUT2D eigenvalue weighted by atomic mass is 10.2. The Morgan fingerprint density at radius 1 is 1.23 bits per heavy atom. The molecule has 0 aliphatic rings. The van der Waals surface area contributed by atoms with Crippen LogP contribution in [0.5, 0.6) is 0 Å². The highest BCUT2D eigenvalue weighted by Gasteiger charge is 2.12. The Balaban J connectivity index is 1.87. The van der Waals surface area contributed by atoms with E-state index in [2.05, 4.69) is 10.4 Å². The van der Waals surface area contributed by atoms with Gasteiger partial charge in [0.25, 0.3) is 0 Å². The van der Waals surface area contributed by atoms with E-state index in [0.29, 0.717) is 24.4 Å². The van der Waals surface area contributed by atoms with E-state index in [4.69, 9.17) is 4.74 Å². The predicted octanol–water partition coefficient (Wildman–Crippen LogP) is 2.46. The fraction of sp³-hybridized carbons (Fsp3) is 0.421. The number of nitrogens with zero attached hydrogens (tertiary/aromatic N) is 3. The number of nitrogens with one attached hydrogen (secondary N) is 1. The summed E-state index contributed by atoms with van der Waals surface area (Å²) >= 11 is 0. The average molecular weight is 358 g/mol. The van der Waals surface area contributed by atoms with Crippen LogP contribution in [-0.4, -0.2) is 46.8 Å². The van der Waals surface area contributed by atoms with Crippen LogP contribution in [-0.2, 0) is 22.6 Å². The molecule has 0 unspecified atom stereocenters. The van der Waals surface area contributed by atoms with Crippen LogP contribution in [0.4, 0.5) is 5.69 Å². The van der Waals surface area contributed by atoms with Crippen molar-refractivity contribution in [2.24, 2.45) is 0 Å². The molecular formula is C19H26N4O3. The van der Waals surface area contributed by atoms with Gasteiger partial charge in [-0.3, -0.25) is 14.4 Å². The molecule has 0 fully saturated rings. The predicted molar refractivity (Wildman–Crippen MR) is 100 cm³/mol. The number of ether oxygens (including phenoxy) is 1. The van der Waals surface area contributed by atoms with Gasteiger partial charge >= 0.3 is 5.97 Å². The summed E-state index contributed by atoms with van der Waals surface area (Å²) in [5.74, 6) is -0.481. The van der Waals surface area contributed by atoms with Crippen molar-refractivity contribution < 1.29 is 14.3 Å². The molecule has 2 rings (SSSR count). The van der Waals surface area contributed by atoms with Crippen molar-refractivity contribution in [1.29, 1.82) is 0 Å². The Morgan fingerprint density at radius 2 is 1.92 bits per heavy atom. The molecule has 1 aromatic carbocycles. The second kappa shape index (κ2) is 9.15. The number of hydrogen-bond donors (Lipinski definition) is 1. The van der Waals surface area contributed by atoms with Crippen molar-refractivity contribution in [2.75, 3.05) is 25.5 Å². The molecule has 0 aliphatic carbocycles.